The van der Waals surface area contributed by atoms with Crippen molar-refractivity contribution in [2.45, 2.75) is 18.0 Å². The lowest BCUT2D eigenvalue weighted by Gasteiger charge is -2.50. The van der Waals surface area contributed by atoms with Crippen LogP contribution in [0.3, 0.4) is 0 Å². The number of hydrogen-bond donors (Lipinski definition) is 4. The monoisotopic (exact) mass is 578 g/mol. The molecule has 204 valence electrons. The van der Waals surface area contributed by atoms with Crippen LogP contribution in [-0.4, -0.2) is 73.6 Å². The van der Waals surface area contributed by atoms with Crippen LogP contribution in [0.1, 0.15) is 0 Å². The second-order valence-corrected chi connectivity index (χ2v) is 9.97. The predicted molar refractivity (Wildman–Crippen MR) is 131 cm³/mol. The molecule has 2 aromatic heterocycles. The molecule has 5 heterocycles. The van der Waals surface area contributed by atoms with Gasteiger partial charge >= 0.3 is 5.65 Å². The van der Waals surface area contributed by atoms with Gasteiger partial charge in [0.05, 0.1) is 36.3 Å². The zero-order valence-electron chi connectivity index (χ0n) is 19.6. The number of amides is 3. The number of fused-ring (bicyclic) bond motifs is 2. The van der Waals surface area contributed by atoms with E-state index in [0.29, 0.717) is 28.5 Å². The number of amidine groups is 1. The molecule has 3 aliphatic rings. The van der Waals surface area contributed by atoms with Crippen molar-refractivity contribution in [3.63, 3.8) is 0 Å². The Morgan fingerprint density at radius 1 is 1.44 bits per heavy atom. The van der Waals surface area contributed by atoms with E-state index in [1.807, 2.05) is 0 Å². The zero-order valence-corrected chi connectivity index (χ0v) is 21.3. The summed E-state index contributed by atoms with van der Waals surface area (Å²) in [4.78, 5) is 56.9. The van der Waals surface area contributed by atoms with Crippen molar-refractivity contribution in [2.24, 2.45) is 5.16 Å². The van der Waals surface area contributed by atoms with E-state index in [1.54, 1.807) is 29.1 Å². The Morgan fingerprint density at radius 3 is 3.00 bits per heavy atom. The first-order valence-corrected chi connectivity index (χ1v) is 12.9. The second-order valence-electron chi connectivity index (χ2n) is 8.04. The summed E-state index contributed by atoms with van der Waals surface area (Å²) in [5.41, 5.74) is 6.68. The van der Waals surface area contributed by atoms with Crippen LogP contribution in [0.4, 0.5) is 10.2 Å². The Hall–Kier alpha value is -4.36. The summed E-state index contributed by atoms with van der Waals surface area (Å²) in [7, 11) is 0. The second kappa shape index (κ2) is 10.8. The normalized spacial score (nSPS) is 20.9. The number of nitrogens with zero attached hydrogens (tertiary/aromatic N) is 6. The molecule has 5 rings (SSSR count). The number of thioether (sulfide) groups is 1. The van der Waals surface area contributed by atoms with Crippen molar-refractivity contribution in [3.05, 3.63) is 47.0 Å². The van der Waals surface area contributed by atoms with E-state index in [1.165, 1.54) is 22.5 Å². The Bertz CT molecular complexity index is 1460. The van der Waals surface area contributed by atoms with Gasteiger partial charge in [0.15, 0.2) is 0 Å². The third-order valence-electron chi connectivity index (χ3n) is 5.81. The number of carboxylic acid groups (broad SMARTS) is 1. The van der Waals surface area contributed by atoms with Gasteiger partial charge in [0, 0.05) is 17.4 Å². The summed E-state index contributed by atoms with van der Waals surface area (Å²) in [5, 5.41) is 25.2. The lowest BCUT2D eigenvalue weighted by molar-refractivity contribution is -0.666. The molecular formula is C20H19FN10O6S2. The molecule has 0 spiro atoms. The van der Waals surface area contributed by atoms with Crippen LogP contribution in [-0.2, 0) is 30.6 Å². The molecule has 2 atom stereocenters. The quantitative estimate of drug-likeness (QED) is 0.0467. The number of aliphatic carboxylic acids is 1. The van der Waals surface area contributed by atoms with E-state index < -0.39 is 41.9 Å². The van der Waals surface area contributed by atoms with Crippen LogP contribution in [0.15, 0.2) is 52.2 Å². The minimum atomic E-state index is -1.54. The van der Waals surface area contributed by atoms with Crippen molar-refractivity contribution < 1.29 is 38.1 Å². The maximum atomic E-state index is 13.1. The molecular weight excluding hydrogens is 559 g/mol. The van der Waals surface area contributed by atoms with Gasteiger partial charge in [-0.3, -0.25) is 19.3 Å². The molecule has 0 saturated carbocycles. The molecule has 19 heteroatoms. The average molecular weight is 579 g/mol. The number of carbonyl (C=O) groups excluding carboxylic acids is 4. The van der Waals surface area contributed by atoms with Crippen LogP contribution in [0.5, 0.6) is 0 Å². The maximum Gasteiger partial charge on any atom is 0.310 e. The lowest BCUT2D eigenvalue weighted by Crippen LogP contribution is -2.72. The number of hydrogen-bond acceptors (Lipinski definition) is 12. The fraction of sp³-hybridized carbons (Fsp3) is 0.250. The lowest BCUT2D eigenvalue weighted by atomic mass is 10.0. The Kier molecular flexibility index (Phi) is 7.26. The predicted octanol–water partition coefficient (Wildman–Crippen LogP) is -3.12. The Morgan fingerprint density at radius 2 is 2.26 bits per heavy atom. The number of β-lactam (4-membered cyclic amide) rings is 1. The maximum absolute atomic E-state index is 13.1. The SMILES string of the molecule is Nc1cc[n+](CC2=C(C(=O)[O-])N3C(=O)[C@@H](NC(=O)C(=NOCF)N4C=C(NC=O)SN4)[C@@H]3SC2)c2ccnn12. The number of rotatable bonds is 8. The van der Waals surface area contributed by atoms with Gasteiger partial charge in [0.25, 0.3) is 24.5 Å². The van der Waals surface area contributed by atoms with Gasteiger partial charge < -0.3 is 31.1 Å². The number of alkyl halides is 1. The molecule has 1 fully saturated rings. The largest absolute Gasteiger partial charge is 0.543 e. The number of nitrogen functional groups attached to an aromatic ring is 1. The van der Waals surface area contributed by atoms with Crippen LogP contribution in [0, 0.1) is 0 Å². The number of nitrogens with one attached hydrogen (secondary N) is 3. The molecule has 0 unspecified atom stereocenters. The molecule has 2 aromatic rings. The van der Waals surface area contributed by atoms with Crippen LogP contribution in [0.25, 0.3) is 5.65 Å². The number of oxime groups is 1. The van der Waals surface area contributed by atoms with Gasteiger partial charge in [0.1, 0.15) is 23.0 Å². The molecule has 3 amide bonds. The molecule has 0 radical (unpaired) electrons. The molecule has 1 saturated heterocycles. The highest BCUT2D eigenvalue weighted by molar-refractivity contribution is 8.01. The Balaban J connectivity index is 1.35. The van der Waals surface area contributed by atoms with Gasteiger partial charge in [-0.25, -0.2) is 14.0 Å². The summed E-state index contributed by atoms with van der Waals surface area (Å²) in [6, 6.07) is 2.22. The fourth-order valence-electron chi connectivity index (χ4n) is 4.14. The first kappa shape index (κ1) is 26.3. The van der Waals surface area contributed by atoms with Gasteiger partial charge in [-0.2, -0.15) is 4.83 Å². The van der Waals surface area contributed by atoms with E-state index in [2.05, 4.69) is 30.6 Å². The van der Waals surface area contributed by atoms with E-state index in [-0.39, 0.29) is 18.0 Å². The molecule has 5 N–H and O–H groups in total. The Labute approximate surface area is 226 Å². The topological polar surface area (TPSA) is 203 Å². The van der Waals surface area contributed by atoms with Crippen LogP contribution >= 0.6 is 23.7 Å². The highest BCUT2D eigenvalue weighted by Crippen LogP contribution is 2.40. The van der Waals surface area contributed by atoms with Crippen molar-refractivity contribution in [2.75, 3.05) is 18.3 Å². The number of carbonyl (C=O) groups is 4. The first-order chi connectivity index (χ1) is 18.8. The third-order valence-corrected chi connectivity index (χ3v) is 7.88. The van der Waals surface area contributed by atoms with Gasteiger partial charge in [-0.05, 0) is 11.9 Å². The van der Waals surface area contributed by atoms with Crippen LogP contribution < -0.4 is 30.9 Å². The highest BCUT2D eigenvalue weighted by Gasteiger charge is 2.53. The van der Waals surface area contributed by atoms with Crippen molar-refractivity contribution in [1.82, 2.24) is 35.0 Å². The van der Waals surface area contributed by atoms with E-state index in [0.717, 1.165) is 21.9 Å². The smallest absolute Gasteiger partial charge is 0.310 e. The zero-order chi connectivity index (χ0) is 27.7. The van der Waals surface area contributed by atoms with Crippen molar-refractivity contribution in [1.29, 1.82) is 0 Å². The van der Waals surface area contributed by atoms with Crippen molar-refractivity contribution in [3.8, 4) is 0 Å². The molecule has 16 nitrogen and oxygen atoms in total. The number of anilines is 1. The van der Waals surface area contributed by atoms with Crippen molar-refractivity contribution >= 4 is 65.2 Å². The standard InChI is InChI=1S/C20H19FN10O6S2/c21-8-37-26-16(29-6-12(23-9-32)39-27-29)17(33)25-14-18(34)30-15(20(35)36)10(7-38-19(14)30)5-28-4-2-11(22)31-13(28)1-3-24-31/h1-4,6,9,14,19,22,27H,5,7-8H2,(H3,23,25,32,33,35,36)/t14-,19+/m1/s1. The van der Waals surface area contributed by atoms with Crippen LogP contribution in [0.2, 0.25) is 0 Å². The molecule has 0 aromatic carbocycles. The van der Waals surface area contributed by atoms with Gasteiger partial charge in [-0.15, -0.1) is 11.8 Å². The summed E-state index contributed by atoms with van der Waals surface area (Å²) >= 11 is 2.18. The summed E-state index contributed by atoms with van der Waals surface area (Å²) in [6.45, 7) is -1.20. The number of nitrogens with two attached hydrogens (primary N) is 1. The van der Waals surface area contributed by atoms with E-state index >= 15 is 0 Å². The number of hydrazine groups is 1. The summed E-state index contributed by atoms with van der Waals surface area (Å²) < 4.78 is 15.8. The van der Waals surface area contributed by atoms with E-state index in [4.69, 9.17) is 5.73 Å². The number of halogens is 1. The molecule has 0 bridgehead atoms. The summed E-state index contributed by atoms with van der Waals surface area (Å²) in [6.07, 6.45) is 4.94. The average Bonchev–Trinajstić information content (AvgIpc) is 3.60. The van der Waals surface area contributed by atoms with Gasteiger partial charge in [0.2, 0.25) is 12.2 Å². The summed E-state index contributed by atoms with van der Waals surface area (Å²) in [5.74, 6) is -2.97. The number of carboxylic acids is 1. The minimum absolute atomic E-state index is 0.123. The molecule has 0 aliphatic carbocycles. The van der Waals surface area contributed by atoms with Gasteiger partial charge in [-0.1, -0.05) is 14.8 Å². The third kappa shape index (κ3) is 4.81. The fourth-order valence-corrected chi connectivity index (χ4v) is 6.08. The molecule has 39 heavy (non-hydrogen) atoms. The van der Waals surface area contributed by atoms with E-state index in [9.17, 15) is 28.7 Å². The minimum Gasteiger partial charge on any atom is -0.543 e. The highest BCUT2D eigenvalue weighted by atomic mass is 32.2. The number of aromatic nitrogens is 3. The molecule has 3 aliphatic heterocycles. The first-order valence-electron chi connectivity index (χ1n) is 11.0.